The lowest BCUT2D eigenvalue weighted by Gasteiger charge is -2.32. The SMILES string of the molecule is C=COC(=O)C(OCCCC(F)(F)C(F)(F)S(=O)(=O)O)(OC(=O)C(=C)C)C(F)(F)F. The minimum absolute atomic E-state index is 0.196. The van der Waals surface area contributed by atoms with E-state index in [0.717, 1.165) is 6.92 Å². The number of hydrogen-bond donors (Lipinski definition) is 1. The van der Waals surface area contributed by atoms with E-state index in [0.29, 0.717) is 0 Å². The van der Waals surface area contributed by atoms with E-state index < -0.39 is 70.2 Å². The lowest BCUT2D eigenvalue weighted by atomic mass is 10.2. The summed E-state index contributed by atoms with van der Waals surface area (Å²) < 4.78 is 134. The van der Waals surface area contributed by atoms with Crippen molar-refractivity contribution in [2.45, 2.75) is 42.9 Å². The van der Waals surface area contributed by atoms with E-state index in [-0.39, 0.29) is 6.26 Å². The number of rotatable bonds is 11. The van der Waals surface area contributed by atoms with E-state index >= 15 is 0 Å². The van der Waals surface area contributed by atoms with E-state index in [1.807, 2.05) is 0 Å². The predicted octanol–water partition coefficient (Wildman–Crippen LogP) is 2.96. The number of hydrogen-bond acceptors (Lipinski definition) is 7. The van der Waals surface area contributed by atoms with Crippen LogP contribution in [-0.2, 0) is 33.9 Å². The van der Waals surface area contributed by atoms with Crippen LogP contribution in [0.25, 0.3) is 0 Å². The third kappa shape index (κ3) is 5.91. The molecule has 0 saturated carbocycles. The molecule has 0 spiro atoms. The van der Waals surface area contributed by atoms with Crippen LogP contribution in [0.2, 0.25) is 0 Å². The summed E-state index contributed by atoms with van der Waals surface area (Å²) in [5, 5.41) is -5.96. The first kappa shape index (κ1) is 27.8. The number of esters is 2. The summed E-state index contributed by atoms with van der Waals surface area (Å²) in [6.07, 6.45) is -9.18. The van der Waals surface area contributed by atoms with Crippen molar-refractivity contribution < 1.29 is 67.5 Å². The molecule has 0 aromatic carbocycles. The smallest absolute Gasteiger partial charge is 0.430 e. The average molecular weight is 476 g/mol. The summed E-state index contributed by atoms with van der Waals surface area (Å²) in [5.41, 5.74) is -0.641. The molecule has 1 N–H and O–H groups in total. The molecule has 0 fully saturated rings. The molecule has 0 aliphatic heterocycles. The first-order valence-electron chi connectivity index (χ1n) is 7.41. The zero-order valence-electron chi connectivity index (χ0n) is 15.0. The molecule has 16 heteroatoms. The molecule has 0 aliphatic carbocycles. The van der Waals surface area contributed by atoms with Gasteiger partial charge in [0.1, 0.15) is 0 Å². The highest BCUT2D eigenvalue weighted by molar-refractivity contribution is 7.87. The molecule has 0 saturated heterocycles. The third-order valence-corrected chi connectivity index (χ3v) is 4.05. The molecule has 174 valence electrons. The Hall–Kier alpha value is -2.20. The van der Waals surface area contributed by atoms with Crippen molar-refractivity contribution in [3.8, 4) is 0 Å². The quantitative estimate of drug-likeness (QED) is 0.0921. The summed E-state index contributed by atoms with van der Waals surface area (Å²) in [6.45, 7) is 5.09. The van der Waals surface area contributed by atoms with Crippen molar-refractivity contribution in [1.29, 1.82) is 0 Å². The predicted molar refractivity (Wildman–Crippen MR) is 82.6 cm³/mol. The highest BCUT2D eigenvalue weighted by atomic mass is 32.2. The maximum absolute atomic E-state index is 13.4. The molecule has 0 aromatic rings. The summed E-state index contributed by atoms with van der Waals surface area (Å²) in [4.78, 5) is 23.2. The van der Waals surface area contributed by atoms with Crippen LogP contribution in [0, 0.1) is 0 Å². The Labute approximate surface area is 165 Å². The fourth-order valence-corrected chi connectivity index (χ4v) is 2.08. The highest BCUT2D eigenvalue weighted by Gasteiger charge is 2.68. The van der Waals surface area contributed by atoms with Crippen molar-refractivity contribution in [3.05, 3.63) is 25.0 Å². The Morgan fingerprint density at radius 2 is 1.60 bits per heavy atom. The van der Waals surface area contributed by atoms with Gasteiger partial charge >= 0.3 is 45.2 Å². The second-order valence-electron chi connectivity index (χ2n) is 5.50. The molecular formula is C14H15F7O8S. The van der Waals surface area contributed by atoms with Gasteiger partial charge in [-0.3, -0.25) is 4.55 Å². The zero-order valence-corrected chi connectivity index (χ0v) is 15.8. The highest BCUT2D eigenvalue weighted by Crippen LogP contribution is 2.42. The summed E-state index contributed by atoms with van der Waals surface area (Å²) in [7, 11) is -6.56. The molecule has 8 nitrogen and oxygen atoms in total. The van der Waals surface area contributed by atoms with Crippen LogP contribution < -0.4 is 0 Å². The van der Waals surface area contributed by atoms with Gasteiger partial charge in [-0.2, -0.15) is 39.2 Å². The standard InChI is InChI=1S/C14H15F7O8S/c1-4-27-10(23)12(13(17,18)19,29-9(22)8(2)3)28-7-5-6-11(15,16)14(20,21)30(24,25)26/h4H,1-2,5-7H2,3H3,(H,24,25,26). The molecule has 30 heavy (non-hydrogen) atoms. The maximum atomic E-state index is 13.4. The first-order chi connectivity index (χ1) is 13.3. The molecule has 1 atom stereocenters. The van der Waals surface area contributed by atoms with Crippen LogP contribution in [-0.4, -0.2) is 54.7 Å². The monoisotopic (exact) mass is 476 g/mol. The van der Waals surface area contributed by atoms with Gasteiger partial charge in [-0.05, 0) is 13.3 Å². The van der Waals surface area contributed by atoms with Gasteiger partial charge in [0.05, 0.1) is 12.9 Å². The van der Waals surface area contributed by atoms with E-state index in [1.54, 1.807) is 0 Å². The molecule has 0 aliphatic rings. The van der Waals surface area contributed by atoms with Gasteiger partial charge in [0, 0.05) is 12.0 Å². The van der Waals surface area contributed by atoms with Gasteiger partial charge in [-0.1, -0.05) is 13.2 Å². The van der Waals surface area contributed by atoms with Gasteiger partial charge in [-0.15, -0.1) is 0 Å². The van der Waals surface area contributed by atoms with Crippen molar-refractivity contribution in [1.82, 2.24) is 0 Å². The van der Waals surface area contributed by atoms with E-state index in [4.69, 9.17) is 4.55 Å². The largest absolute Gasteiger partial charge is 0.468 e. The number of carbonyl (C=O) groups excluding carboxylic acids is 2. The Kier molecular flexibility index (Phi) is 8.62. The topological polar surface area (TPSA) is 116 Å². The van der Waals surface area contributed by atoms with E-state index in [9.17, 15) is 48.7 Å². The Morgan fingerprint density at radius 1 is 1.10 bits per heavy atom. The van der Waals surface area contributed by atoms with Crippen LogP contribution >= 0.6 is 0 Å². The van der Waals surface area contributed by atoms with Crippen molar-refractivity contribution >= 4 is 22.1 Å². The molecule has 0 amide bonds. The third-order valence-electron chi connectivity index (χ3n) is 3.11. The fourth-order valence-electron chi connectivity index (χ4n) is 1.60. The van der Waals surface area contributed by atoms with Gasteiger partial charge in [0.2, 0.25) is 0 Å². The van der Waals surface area contributed by atoms with Crippen LogP contribution in [0.3, 0.4) is 0 Å². The average Bonchev–Trinajstić information content (AvgIpc) is 2.55. The second kappa shape index (κ2) is 9.30. The number of halogens is 7. The molecule has 0 aromatic heterocycles. The van der Waals surface area contributed by atoms with Crippen LogP contribution in [0.4, 0.5) is 30.7 Å². The summed E-state index contributed by atoms with van der Waals surface area (Å²) >= 11 is 0. The van der Waals surface area contributed by atoms with Crippen LogP contribution in [0.15, 0.2) is 25.0 Å². The van der Waals surface area contributed by atoms with Crippen LogP contribution in [0.1, 0.15) is 19.8 Å². The minimum atomic E-state index is -6.56. The maximum Gasteiger partial charge on any atom is 0.468 e. The minimum Gasteiger partial charge on any atom is -0.430 e. The van der Waals surface area contributed by atoms with Crippen molar-refractivity contribution in [3.63, 3.8) is 0 Å². The second-order valence-corrected chi connectivity index (χ2v) is 6.97. The summed E-state index contributed by atoms with van der Waals surface area (Å²) in [6, 6.07) is 0. The van der Waals surface area contributed by atoms with Gasteiger partial charge in [-0.25, -0.2) is 9.59 Å². The van der Waals surface area contributed by atoms with Crippen molar-refractivity contribution in [2.75, 3.05) is 6.61 Å². The van der Waals surface area contributed by atoms with E-state index in [2.05, 4.69) is 27.4 Å². The lowest BCUT2D eigenvalue weighted by Crippen LogP contribution is -2.58. The molecule has 0 heterocycles. The number of carbonyl (C=O) groups is 2. The van der Waals surface area contributed by atoms with E-state index in [1.165, 1.54) is 0 Å². The normalized spacial score (nSPS) is 15.1. The Balaban J connectivity index is 5.69. The Morgan fingerprint density at radius 3 is 1.97 bits per heavy atom. The Bertz CT molecular complexity index is 791. The first-order valence-corrected chi connectivity index (χ1v) is 8.85. The molecule has 0 radical (unpaired) electrons. The van der Waals surface area contributed by atoms with Gasteiger partial charge < -0.3 is 14.2 Å². The van der Waals surface area contributed by atoms with Gasteiger partial charge in [0.25, 0.3) is 0 Å². The molecule has 1 unspecified atom stereocenters. The molecule has 0 rings (SSSR count). The fraction of sp³-hybridized carbons (Fsp3) is 0.571. The number of alkyl halides is 7. The van der Waals surface area contributed by atoms with Gasteiger partial charge in [0.15, 0.2) is 0 Å². The zero-order chi connectivity index (χ0) is 24.2. The molecule has 0 bridgehead atoms. The lowest BCUT2D eigenvalue weighted by molar-refractivity contribution is -0.353. The van der Waals surface area contributed by atoms with Crippen LogP contribution in [0.5, 0.6) is 0 Å². The van der Waals surface area contributed by atoms with Crippen molar-refractivity contribution in [2.24, 2.45) is 0 Å². The number of ether oxygens (including phenoxy) is 3. The molecular weight excluding hydrogens is 461 g/mol. The summed E-state index contributed by atoms with van der Waals surface area (Å²) in [5.74, 6) is -14.1.